The van der Waals surface area contributed by atoms with Crippen LogP contribution in [0.2, 0.25) is 0 Å². The summed E-state index contributed by atoms with van der Waals surface area (Å²) < 4.78 is 23.0. The predicted octanol–water partition coefficient (Wildman–Crippen LogP) is 2.52. The Hall–Kier alpha value is -0.870. The minimum atomic E-state index is -3.13. The topological polar surface area (TPSA) is 60.2 Å². The Morgan fingerprint density at radius 1 is 1.17 bits per heavy atom. The van der Waals surface area contributed by atoms with E-state index in [0.717, 1.165) is 36.8 Å². The molecule has 0 aromatic heterocycles. The Morgan fingerprint density at radius 2 is 1.78 bits per heavy atom. The van der Waals surface area contributed by atoms with Gasteiger partial charge in [-0.1, -0.05) is 25.3 Å². The molecule has 18 heavy (non-hydrogen) atoms. The Balaban J connectivity index is 2.41. The van der Waals surface area contributed by atoms with Crippen LogP contribution in [0.3, 0.4) is 0 Å². The van der Waals surface area contributed by atoms with Gasteiger partial charge in [0.25, 0.3) is 0 Å². The van der Waals surface area contributed by atoms with Crippen molar-refractivity contribution in [3.05, 3.63) is 29.3 Å². The zero-order chi connectivity index (χ0) is 13.4. The van der Waals surface area contributed by atoms with E-state index in [1.165, 1.54) is 12.7 Å². The van der Waals surface area contributed by atoms with Gasteiger partial charge in [-0.3, -0.25) is 0 Å². The highest BCUT2D eigenvalue weighted by Crippen LogP contribution is 2.36. The van der Waals surface area contributed by atoms with E-state index in [1.807, 2.05) is 13.0 Å². The second-order valence-electron chi connectivity index (χ2n) is 5.47. The molecule has 1 aliphatic carbocycles. The maximum Gasteiger partial charge on any atom is 0.175 e. The molecule has 1 aromatic carbocycles. The molecule has 3 nitrogen and oxygen atoms in total. The highest BCUT2D eigenvalue weighted by molar-refractivity contribution is 7.90. The highest BCUT2D eigenvalue weighted by Gasteiger charge is 2.30. The Kier molecular flexibility index (Phi) is 3.52. The first-order chi connectivity index (χ1) is 8.33. The van der Waals surface area contributed by atoms with Crippen molar-refractivity contribution in [2.45, 2.75) is 49.5 Å². The summed E-state index contributed by atoms with van der Waals surface area (Å²) in [6.45, 7) is 1.95. The van der Waals surface area contributed by atoms with E-state index in [1.54, 1.807) is 12.1 Å². The van der Waals surface area contributed by atoms with Gasteiger partial charge in [-0.05, 0) is 43.0 Å². The van der Waals surface area contributed by atoms with E-state index in [9.17, 15) is 8.42 Å². The molecule has 1 saturated carbocycles. The minimum Gasteiger partial charge on any atom is -0.321 e. The number of aryl methyl sites for hydroxylation is 1. The molecule has 1 fully saturated rings. The fourth-order valence-electron chi connectivity index (χ4n) is 2.88. The van der Waals surface area contributed by atoms with Crippen LogP contribution in [-0.4, -0.2) is 14.7 Å². The summed E-state index contributed by atoms with van der Waals surface area (Å²) in [7, 11) is -3.13. The van der Waals surface area contributed by atoms with Crippen molar-refractivity contribution in [2.75, 3.05) is 6.26 Å². The first-order valence-corrected chi connectivity index (χ1v) is 8.32. The van der Waals surface area contributed by atoms with Crippen molar-refractivity contribution in [1.29, 1.82) is 0 Å². The average Bonchev–Trinajstić information content (AvgIpc) is 2.28. The molecule has 0 unspecified atom stereocenters. The Labute approximate surface area is 109 Å². The van der Waals surface area contributed by atoms with Crippen molar-refractivity contribution >= 4 is 9.84 Å². The van der Waals surface area contributed by atoms with Gasteiger partial charge in [0.1, 0.15) is 0 Å². The molecule has 0 amide bonds. The second kappa shape index (κ2) is 4.67. The van der Waals surface area contributed by atoms with Gasteiger partial charge in [-0.25, -0.2) is 8.42 Å². The van der Waals surface area contributed by atoms with Crippen molar-refractivity contribution in [3.8, 4) is 0 Å². The summed E-state index contributed by atoms with van der Waals surface area (Å²) in [4.78, 5) is 0.378. The summed E-state index contributed by atoms with van der Waals surface area (Å²) in [5.41, 5.74) is 8.32. The molecule has 2 rings (SSSR count). The van der Waals surface area contributed by atoms with E-state index >= 15 is 0 Å². The molecule has 0 spiro atoms. The van der Waals surface area contributed by atoms with Gasteiger partial charge in [0.15, 0.2) is 9.84 Å². The van der Waals surface area contributed by atoms with Crippen LogP contribution in [0.5, 0.6) is 0 Å². The summed E-state index contributed by atoms with van der Waals surface area (Å²) in [5.74, 6) is 0. The number of nitrogens with two attached hydrogens (primary N) is 1. The number of rotatable bonds is 2. The van der Waals surface area contributed by atoms with E-state index in [2.05, 4.69) is 0 Å². The molecule has 2 N–H and O–H groups in total. The largest absolute Gasteiger partial charge is 0.321 e. The molecule has 0 saturated heterocycles. The van der Waals surface area contributed by atoms with Gasteiger partial charge in [-0.2, -0.15) is 0 Å². The predicted molar refractivity (Wildman–Crippen MR) is 73.2 cm³/mol. The maximum absolute atomic E-state index is 11.5. The molecule has 0 bridgehead atoms. The molecule has 0 heterocycles. The summed E-state index contributed by atoms with van der Waals surface area (Å²) in [5, 5.41) is 0. The zero-order valence-corrected chi connectivity index (χ0v) is 11.9. The van der Waals surface area contributed by atoms with Crippen LogP contribution in [0.4, 0.5) is 0 Å². The molecular weight excluding hydrogens is 246 g/mol. The number of benzene rings is 1. The van der Waals surface area contributed by atoms with Gasteiger partial charge >= 0.3 is 0 Å². The normalized spacial score (nSPS) is 19.7. The van der Waals surface area contributed by atoms with Crippen molar-refractivity contribution in [2.24, 2.45) is 5.73 Å². The van der Waals surface area contributed by atoms with Gasteiger partial charge in [0.2, 0.25) is 0 Å². The van der Waals surface area contributed by atoms with E-state index in [4.69, 9.17) is 5.73 Å². The van der Waals surface area contributed by atoms with Crippen LogP contribution in [0.15, 0.2) is 23.1 Å². The highest BCUT2D eigenvalue weighted by atomic mass is 32.2. The lowest BCUT2D eigenvalue weighted by Gasteiger charge is -2.35. The lowest BCUT2D eigenvalue weighted by molar-refractivity contribution is 0.301. The van der Waals surface area contributed by atoms with Crippen molar-refractivity contribution < 1.29 is 8.42 Å². The van der Waals surface area contributed by atoms with Gasteiger partial charge < -0.3 is 5.73 Å². The molecule has 0 aliphatic heterocycles. The third-order valence-corrected chi connectivity index (χ3v) is 5.02. The molecule has 4 heteroatoms. The number of hydrogen-bond donors (Lipinski definition) is 1. The SMILES string of the molecule is Cc1cc(S(C)(=O)=O)ccc1C1(N)CCCCC1. The lowest BCUT2D eigenvalue weighted by atomic mass is 9.76. The molecule has 0 atom stereocenters. The van der Waals surface area contributed by atoms with Crippen LogP contribution in [-0.2, 0) is 15.4 Å². The number of hydrogen-bond acceptors (Lipinski definition) is 3. The summed E-state index contributed by atoms with van der Waals surface area (Å²) in [6.07, 6.45) is 6.78. The quantitative estimate of drug-likeness (QED) is 0.895. The first kappa shape index (κ1) is 13.6. The van der Waals surface area contributed by atoms with Crippen LogP contribution >= 0.6 is 0 Å². The number of sulfone groups is 1. The lowest BCUT2D eigenvalue weighted by Crippen LogP contribution is -2.39. The fraction of sp³-hybridized carbons (Fsp3) is 0.571. The standard InChI is InChI=1S/C14H21NO2S/c1-11-10-12(18(2,16)17)6-7-13(11)14(15)8-4-3-5-9-14/h6-7,10H,3-5,8-9,15H2,1-2H3. The van der Waals surface area contributed by atoms with Gasteiger partial charge in [-0.15, -0.1) is 0 Å². The molecular formula is C14H21NO2S. The molecule has 100 valence electrons. The van der Waals surface area contributed by atoms with Crippen LogP contribution < -0.4 is 5.73 Å². The first-order valence-electron chi connectivity index (χ1n) is 6.43. The monoisotopic (exact) mass is 267 g/mol. The van der Waals surface area contributed by atoms with Crippen molar-refractivity contribution in [3.63, 3.8) is 0 Å². The molecule has 1 aliphatic rings. The minimum absolute atomic E-state index is 0.266. The van der Waals surface area contributed by atoms with Crippen LogP contribution in [0.1, 0.15) is 43.2 Å². The van der Waals surface area contributed by atoms with Gasteiger partial charge in [0.05, 0.1) is 4.90 Å². The van der Waals surface area contributed by atoms with E-state index in [0.29, 0.717) is 4.90 Å². The second-order valence-corrected chi connectivity index (χ2v) is 7.48. The van der Waals surface area contributed by atoms with E-state index < -0.39 is 9.84 Å². The Bertz CT molecular complexity index is 543. The van der Waals surface area contributed by atoms with Crippen LogP contribution in [0.25, 0.3) is 0 Å². The zero-order valence-electron chi connectivity index (χ0n) is 11.1. The summed E-state index contributed by atoms with van der Waals surface area (Å²) >= 11 is 0. The molecule has 0 radical (unpaired) electrons. The summed E-state index contributed by atoms with van der Waals surface area (Å²) in [6, 6.07) is 5.33. The third-order valence-electron chi connectivity index (χ3n) is 3.91. The average molecular weight is 267 g/mol. The van der Waals surface area contributed by atoms with Crippen LogP contribution in [0, 0.1) is 6.92 Å². The third kappa shape index (κ3) is 2.59. The van der Waals surface area contributed by atoms with E-state index in [-0.39, 0.29) is 5.54 Å². The fourth-order valence-corrected chi connectivity index (χ4v) is 3.58. The smallest absolute Gasteiger partial charge is 0.175 e. The Morgan fingerprint density at radius 3 is 2.28 bits per heavy atom. The molecule has 1 aromatic rings. The van der Waals surface area contributed by atoms with Gasteiger partial charge in [0, 0.05) is 11.8 Å². The maximum atomic E-state index is 11.5. The van der Waals surface area contributed by atoms with Crippen molar-refractivity contribution in [1.82, 2.24) is 0 Å².